The fourth-order valence-corrected chi connectivity index (χ4v) is 1.46. The molecule has 6 heteroatoms. The van der Waals surface area contributed by atoms with Crippen LogP contribution in [0.2, 0.25) is 0 Å². The molecule has 0 saturated carbocycles. The van der Waals surface area contributed by atoms with Crippen molar-refractivity contribution < 1.29 is 22.6 Å². The van der Waals surface area contributed by atoms with Gasteiger partial charge in [-0.3, -0.25) is 0 Å². The third-order valence-corrected chi connectivity index (χ3v) is 2.24. The van der Waals surface area contributed by atoms with E-state index in [-0.39, 0.29) is 11.9 Å². The SMILES string of the molecule is CC(C)OCCNCc1ccccc1OC(F)(F)F. The molecule has 0 aliphatic carbocycles. The summed E-state index contributed by atoms with van der Waals surface area (Å²) in [7, 11) is 0. The van der Waals surface area contributed by atoms with Gasteiger partial charge in [-0.15, -0.1) is 13.2 Å². The second-order valence-corrected chi connectivity index (χ2v) is 4.25. The molecule has 1 rings (SSSR count). The van der Waals surface area contributed by atoms with Gasteiger partial charge in [-0.25, -0.2) is 0 Å². The molecule has 0 fully saturated rings. The second-order valence-electron chi connectivity index (χ2n) is 4.25. The highest BCUT2D eigenvalue weighted by molar-refractivity contribution is 5.33. The summed E-state index contributed by atoms with van der Waals surface area (Å²) in [5, 5.41) is 3.01. The lowest BCUT2D eigenvalue weighted by atomic mass is 10.2. The molecule has 0 amide bonds. The van der Waals surface area contributed by atoms with E-state index in [0.717, 1.165) is 0 Å². The van der Waals surface area contributed by atoms with Crippen molar-refractivity contribution in [3.63, 3.8) is 0 Å². The average Bonchev–Trinajstić information content (AvgIpc) is 2.28. The Hall–Kier alpha value is -1.27. The van der Waals surface area contributed by atoms with Crippen LogP contribution in [-0.2, 0) is 11.3 Å². The fourth-order valence-electron chi connectivity index (χ4n) is 1.46. The van der Waals surface area contributed by atoms with Crippen LogP contribution in [0.25, 0.3) is 0 Å². The van der Waals surface area contributed by atoms with E-state index in [2.05, 4.69) is 10.1 Å². The Morgan fingerprint density at radius 2 is 1.89 bits per heavy atom. The first-order valence-electron chi connectivity index (χ1n) is 6.04. The monoisotopic (exact) mass is 277 g/mol. The van der Waals surface area contributed by atoms with Crippen LogP contribution in [0.1, 0.15) is 19.4 Å². The molecule has 0 aliphatic heterocycles. The molecule has 19 heavy (non-hydrogen) atoms. The predicted molar refractivity (Wildman–Crippen MR) is 65.9 cm³/mol. The summed E-state index contributed by atoms with van der Waals surface area (Å²) in [5.74, 6) is -0.174. The van der Waals surface area contributed by atoms with Crippen molar-refractivity contribution in [1.29, 1.82) is 0 Å². The van der Waals surface area contributed by atoms with E-state index >= 15 is 0 Å². The van der Waals surface area contributed by atoms with Crippen molar-refractivity contribution in [1.82, 2.24) is 5.32 Å². The van der Waals surface area contributed by atoms with Crippen LogP contribution in [0.3, 0.4) is 0 Å². The molecule has 0 aliphatic rings. The fraction of sp³-hybridized carbons (Fsp3) is 0.538. The number of hydrogen-bond acceptors (Lipinski definition) is 3. The Balaban J connectivity index is 2.45. The van der Waals surface area contributed by atoms with Crippen LogP contribution < -0.4 is 10.1 Å². The molecule has 0 radical (unpaired) electrons. The summed E-state index contributed by atoms with van der Waals surface area (Å²) < 4.78 is 45.8. The number of halogens is 3. The van der Waals surface area contributed by atoms with Gasteiger partial charge >= 0.3 is 6.36 Å². The summed E-state index contributed by atoms with van der Waals surface area (Å²) in [4.78, 5) is 0. The Labute approximate surface area is 110 Å². The smallest absolute Gasteiger partial charge is 0.405 e. The van der Waals surface area contributed by atoms with Gasteiger partial charge in [0.2, 0.25) is 0 Å². The summed E-state index contributed by atoms with van der Waals surface area (Å²) in [6.45, 7) is 5.23. The maximum atomic E-state index is 12.2. The van der Waals surface area contributed by atoms with Crippen molar-refractivity contribution in [2.75, 3.05) is 13.2 Å². The maximum absolute atomic E-state index is 12.2. The molecule has 0 aromatic heterocycles. The summed E-state index contributed by atoms with van der Waals surface area (Å²) >= 11 is 0. The minimum absolute atomic E-state index is 0.141. The zero-order chi connectivity index (χ0) is 14.3. The highest BCUT2D eigenvalue weighted by Crippen LogP contribution is 2.25. The van der Waals surface area contributed by atoms with E-state index in [0.29, 0.717) is 25.3 Å². The van der Waals surface area contributed by atoms with Crippen molar-refractivity contribution in [3.8, 4) is 5.75 Å². The molecule has 1 aromatic carbocycles. The van der Waals surface area contributed by atoms with Crippen LogP contribution in [0.15, 0.2) is 24.3 Å². The van der Waals surface area contributed by atoms with Crippen molar-refractivity contribution in [3.05, 3.63) is 29.8 Å². The Bertz CT molecular complexity index is 380. The number of alkyl halides is 3. The number of nitrogens with one attached hydrogen (secondary N) is 1. The van der Waals surface area contributed by atoms with Crippen molar-refractivity contribution >= 4 is 0 Å². The van der Waals surface area contributed by atoms with Gasteiger partial charge in [-0.1, -0.05) is 18.2 Å². The molecule has 108 valence electrons. The second kappa shape index (κ2) is 7.35. The Kier molecular flexibility index (Phi) is 6.11. The van der Waals surface area contributed by atoms with Crippen LogP contribution in [0, 0.1) is 0 Å². The van der Waals surface area contributed by atoms with E-state index in [1.165, 1.54) is 12.1 Å². The molecular formula is C13H18F3NO2. The highest BCUT2D eigenvalue weighted by atomic mass is 19.4. The normalized spacial score (nSPS) is 11.9. The summed E-state index contributed by atoms with van der Waals surface area (Å²) in [5.41, 5.74) is 0.462. The molecule has 1 aromatic rings. The zero-order valence-corrected chi connectivity index (χ0v) is 11.0. The van der Waals surface area contributed by atoms with Crippen molar-refractivity contribution in [2.45, 2.75) is 32.9 Å². The lowest BCUT2D eigenvalue weighted by Gasteiger charge is -2.14. The minimum atomic E-state index is -4.67. The van der Waals surface area contributed by atoms with Crippen LogP contribution in [-0.4, -0.2) is 25.6 Å². The summed E-state index contributed by atoms with van der Waals surface area (Å²) in [6, 6.07) is 6.07. The standard InChI is InChI=1S/C13H18F3NO2/c1-10(2)18-8-7-17-9-11-5-3-4-6-12(11)19-13(14,15)16/h3-6,10,17H,7-9H2,1-2H3. The Morgan fingerprint density at radius 1 is 1.21 bits per heavy atom. The first-order chi connectivity index (χ1) is 8.88. The van der Waals surface area contributed by atoms with E-state index in [1.54, 1.807) is 12.1 Å². The predicted octanol–water partition coefficient (Wildman–Crippen LogP) is 3.10. The van der Waals surface area contributed by atoms with Crippen LogP contribution in [0.4, 0.5) is 13.2 Å². The number of rotatable bonds is 7. The number of para-hydroxylation sites is 1. The van der Waals surface area contributed by atoms with Gasteiger partial charge in [0.15, 0.2) is 0 Å². The molecule has 1 N–H and O–H groups in total. The van der Waals surface area contributed by atoms with Crippen molar-refractivity contribution in [2.24, 2.45) is 0 Å². The first-order valence-corrected chi connectivity index (χ1v) is 6.04. The van der Waals surface area contributed by atoms with E-state index in [4.69, 9.17) is 4.74 Å². The lowest BCUT2D eigenvalue weighted by Crippen LogP contribution is -2.23. The molecule has 0 spiro atoms. The summed E-state index contributed by atoms with van der Waals surface area (Å²) in [6.07, 6.45) is -4.53. The van der Waals surface area contributed by atoms with Gasteiger partial charge in [-0.2, -0.15) is 0 Å². The molecule has 0 bridgehead atoms. The molecule has 3 nitrogen and oxygen atoms in total. The number of benzene rings is 1. The highest BCUT2D eigenvalue weighted by Gasteiger charge is 2.31. The van der Waals surface area contributed by atoms with Gasteiger partial charge in [0.05, 0.1) is 12.7 Å². The molecule has 0 saturated heterocycles. The third-order valence-electron chi connectivity index (χ3n) is 2.24. The van der Waals surface area contributed by atoms with Gasteiger partial charge in [-0.05, 0) is 19.9 Å². The molecule has 0 atom stereocenters. The molecule has 0 unspecified atom stereocenters. The maximum Gasteiger partial charge on any atom is 0.573 e. The average molecular weight is 277 g/mol. The largest absolute Gasteiger partial charge is 0.573 e. The zero-order valence-electron chi connectivity index (χ0n) is 11.0. The van der Waals surface area contributed by atoms with Gasteiger partial charge in [0, 0.05) is 18.7 Å². The van der Waals surface area contributed by atoms with Gasteiger partial charge < -0.3 is 14.8 Å². The van der Waals surface area contributed by atoms with E-state index < -0.39 is 6.36 Å². The van der Waals surface area contributed by atoms with Gasteiger partial charge in [0.1, 0.15) is 5.75 Å². The molecule has 0 heterocycles. The third kappa shape index (κ3) is 7.03. The minimum Gasteiger partial charge on any atom is -0.405 e. The molecular weight excluding hydrogens is 259 g/mol. The number of ether oxygens (including phenoxy) is 2. The van der Waals surface area contributed by atoms with E-state index in [1.807, 2.05) is 13.8 Å². The quantitative estimate of drug-likeness (QED) is 0.777. The van der Waals surface area contributed by atoms with Gasteiger partial charge in [0.25, 0.3) is 0 Å². The topological polar surface area (TPSA) is 30.5 Å². The van der Waals surface area contributed by atoms with Crippen LogP contribution in [0.5, 0.6) is 5.75 Å². The van der Waals surface area contributed by atoms with E-state index in [9.17, 15) is 13.2 Å². The lowest BCUT2D eigenvalue weighted by molar-refractivity contribution is -0.274. The van der Waals surface area contributed by atoms with Crippen LogP contribution >= 0.6 is 0 Å². The first kappa shape index (κ1) is 15.8. The Morgan fingerprint density at radius 3 is 2.53 bits per heavy atom. The number of hydrogen-bond donors (Lipinski definition) is 1.